The molecule has 4 rings (SSSR count). The molecule has 0 spiro atoms. The Morgan fingerprint density at radius 3 is 2.34 bits per heavy atom. The van der Waals surface area contributed by atoms with Crippen LogP contribution in [0.25, 0.3) is 0 Å². The van der Waals surface area contributed by atoms with Crippen LogP contribution in [0.4, 0.5) is 0 Å². The standard InChI is InChI=1S/C25H31NO6/c1-14-20(25(28)32-15-8-5-6-9-15)21(22-17(26-14)10-7-11-18(22)27)16-12-13-19(29-2)24(31-4)23(16)30-3/h12-13,15,21,26H,5-11H2,1-4H3/t21-/m0/s1. The van der Waals surface area contributed by atoms with E-state index < -0.39 is 5.92 Å². The molecule has 1 aromatic carbocycles. The van der Waals surface area contributed by atoms with Crippen LogP contribution in [-0.2, 0) is 14.3 Å². The average molecular weight is 442 g/mol. The lowest BCUT2D eigenvalue weighted by atomic mass is 9.75. The van der Waals surface area contributed by atoms with Gasteiger partial charge in [0.2, 0.25) is 5.75 Å². The molecule has 0 unspecified atom stereocenters. The Hall–Kier alpha value is -2.96. The number of ether oxygens (including phenoxy) is 4. The summed E-state index contributed by atoms with van der Waals surface area (Å²) in [6, 6.07) is 3.63. The Morgan fingerprint density at radius 2 is 1.69 bits per heavy atom. The number of nitrogens with one attached hydrogen (secondary N) is 1. The first-order valence-corrected chi connectivity index (χ1v) is 11.2. The van der Waals surface area contributed by atoms with Crippen LogP contribution in [0.1, 0.15) is 63.4 Å². The maximum atomic E-state index is 13.5. The number of methoxy groups -OCH3 is 3. The maximum Gasteiger partial charge on any atom is 0.337 e. The van der Waals surface area contributed by atoms with Gasteiger partial charge in [0.05, 0.1) is 32.8 Å². The van der Waals surface area contributed by atoms with Crippen molar-refractivity contribution >= 4 is 11.8 Å². The molecule has 1 aromatic rings. The SMILES string of the molecule is COc1ccc([C@H]2C(C(=O)OC3CCCC3)=C(C)NC3=C2C(=O)CCC3)c(OC)c1OC. The van der Waals surface area contributed by atoms with Crippen LogP contribution in [0, 0.1) is 0 Å². The average Bonchev–Trinajstić information content (AvgIpc) is 3.30. The fourth-order valence-corrected chi connectivity index (χ4v) is 5.14. The molecule has 1 aliphatic heterocycles. The summed E-state index contributed by atoms with van der Waals surface area (Å²) in [5.41, 5.74) is 3.34. The fourth-order valence-electron chi connectivity index (χ4n) is 5.14. The van der Waals surface area contributed by atoms with Crippen molar-refractivity contribution in [2.24, 2.45) is 0 Å². The van der Waals surface area contributed by atoms with Crippen molar-refractivity contribution in [1.82, 2.24) is 5.32 Å². The molecular weight excluding hydrogens is 410 g/mol. The highest BCUT2D eigenvalue weighted by atomic mass is 16.5. The van der Waals surface area contributed by atoms with E-state index in [1.54, 1.807) is 27.4 Å². The van der Waals surface area contributed by atoms with Gasteiger partial charge in [-0.15, -0.1) is 0 Å². The summed E-state index contributed by atoms with van der Waals surface area (Å²) in [7, 11) is 4.65. The lowest BCUT2D eigenvalue weighted by Gasteiger charge is -2.35. The zero-order valence-corrected chi connectivity index (χ0v) is 19.2. The molecule has 1 saturated carbocycles. The molecule has 0 saturated heterocycles. The normalized spacial score (nSPS) is 21.2. The van der Waals surface area contributed by atoms with Gasteiger partial charge in [0, 0.05) is 29.0 Å². The summed E-state index contributed by atoms with van der Waals surface area (Å²) < 4.78 is 22.7. The Kier molecular flexibility index (Phi) is 6.44. The third-order valence-electron chi connectivity index (χ3n) is 6.62. The largest absolute Gasteiger partial charge is 0.493 e. The van der Waals surface area contributed by atoms with Gasteiger partial charge in [-0.3, -0.25) is 4.79 Å². The molecule has 7 nitrogen and oxygen atoms in total. The molecule has 3 aliphatic rings. The van der Waals surface area contributed by atoms with Gasteiger partial charge in [0.1, 0.15) is 6.10 Å². The molecule has 1 fully saturated rings. The predicted octanol–water partition coefficient (Wildman–Crippen LogP) is 4.17. The summed E-state index contributed by atoms with van der Waals surface area (Å²) in [5.74, 6) is 0.457. The van der Waals surface area contributed by atoms with E-state index in [1.165, 1.54) is 0 Å². The molecule has 7 heteroatoms. The number of ketones is 1. The molecule has 0 radical (unpaired) electrons. The van der Waals surface area contributed by atoms with E-state index in [1.807, 2.05) is 13.0 Å². The highest BCUT2D eigenvalue weighted by Gasteiger charge is 2.41. The van der Waals surface area contributed by atoms with Crippen molar-refractivity contribution < 1.29 is 28.5 Å². The molecule has 0 bridgehead atoms. The van der Waals surface area contributed by atoms with Crippen molar-refractivity contribution in [3.05, 3.63) is 40.2 Å². The van der Waals surface area contributed by atoms with Gasteiger partial charge in [-0.1, -0.05) is 6.07 Å². The Morgan fingerprint density at radius 1 is 0.969 bits per heavy atom. The van der Waals surface area contributed by atoms with Gasteiger partial charge in [-0.25, -0.2) is 4.79 Å². The van der Waals surface area contributed by atoms with Crippen molar-refractivity contribution in [2.45, 2.75) is 63.9 Å². The molecule has 1 atom stereocenters. The van der Waals surface area contributed by atoms with E-state index in [9.17, 15) is 9.59 Å². The van der Waals surface area contributed by atoms with E-state index in [0.29, 0.717) is 46.1 Å². The molecule has 1 heterocycles. The Labute approximate surface area is 188 Å². The Balaban J connectivity index is 1.87. The molecule has 2 aliphatic carbocycles. The summed E-state index contributed by atoms with van der Waals surface area (Å²) in [4.78, 5) is 26.6. The lowest BCUT2D eigenvalue weighted by Crippen LogP contribution is -2.35. The second-order valence-corrected chi connectivity index (χ2v) is 8.50. The third kappa shape index (κ3) is 3.85. The van der Waals surface area contributed by atoms with Crippen LogP contribution in [0.3, 0.4) is 0 Å². The van der Waals surface area contributed by atoms with Crippen molar-refractivity contribution in [3.8, 4) is 17.2 Å². The fraction of sp³-hybridized carbons (Fsp3) is 0.520. The number of Topliss-reactive ketones (excluding diaryl/α,β-unsaturated/α-hetero) is 1. The maximum absolute atomic E-state index is 13.5. The van der Waals surface area contributed by atoms with Crippen molar-refractivity contribution in [3.63, 3.8) is 0 Å². The summed E-state index contributed by atoms with van der Waals surface area (Å²) in [5, 5.41) is 3.33. The number of rotatable bonds is 6. The van der Waals surface area contributed by atoms with Gasteiger partial charge in [-0.05, 0) is 51.5 Å². The summed E-state index contributed by atoms with van der Waals surface area (Å²) in [6.45, 7) is 1.87. The molecular formula is C25H31NO6. The van der Waals surface area contributed by atoms with Gasteiger partial charge in [0.15, 0.2) is 17.3 Å². The topological polar surface area (TPSA) is 83.1 Å². The second-order valence-electron chi connectivity index (χ2n) is 8.50. The number of carbonyl (C=O) groups excluding carboxylic acids is 2. The first kappa shape index (κ1) is 22.2. The lowest BCUT2D eigenvalue weighted by molar-refractivity contribution is -0.144. The van der Waals surface area contributed by atoms with Gasteiger partial charge in [0.25, 0.3) is 0 Å². The number of dihydropyridines is 1. The van der Waals surface area contributed by atoms with E-state index in [2.05, 4.69) is 5.32 Å². The monoisotopic (exact) mass is 441 g/mol. The van der Waals surface area contributed by atoms with Gasteiger partial charge < -0.3 is 24.3 Å². The van der Waals surface area contributed by atoms with Crippen LogP contribution < -0.4 is 19.5 Å². The minimum Gasteiger partial charge on any atom is -0.493 e. The number of carbonyl (C=O) groups is 2. The number of allylic oxidation sites excluding steroid dienone is 3. The van der Waals surface area contributed by atoms with E-state index in [-0.39, 0.29) is 17.9 Å². The van der Waals surface area contributed by atoms with Crippen molar-refractivity contribution in [2.75, 3.05) is 21.3 Å². The van der Waals surface area contributed by atoms with E-state index in [0.717, 1.165) is 44.2 Å². The highest BCUT2D eigenvalue weighted by Crippen LogP contribution is 2.50. The highest BCUT2D eigenvalue weighted by molar-refractivity contribution is 6.04. The minimum absolute atomic E-state index is 0.0410. The van der Waals surface area contributed by atoms with E-state index >= 15 is 0 Å². The Bertz CT molecular complexity index is 986. The first-order chi connectivity index (χ1) is 15.5. The van der Waals surface area contributed by atoms with Crippen molar-refractivity contribution in [1.29, 1.82) is 0 Å². The molecule has 172 valence electrons. The van der Waals surface area contributed by atoms with Crippen LogP contribution >= 0.6 is 0 Å². The number of benzene rings is 1. The molecule has 32 heavy (non-hydrogen) atoms. The second kappa shape index (κ2) is 9.27. The molecule has 0 amide bonds. The molecule has 0 aromatic heterocycles. The quantitative estimate of drug-likeness (QED) is 0.664. The van der Waals surface area contributed by atoms with Crippen LogP contribution in [-0.4, -0.2) is 39.2 Å². The van der Waals surface area contributed by atoms with Crippen LogP contribution in [0.5, 0.6) is 17.2 Å². The molecule has 1 N–H and O–H groups in total. The third-order valence-corrected chi connectivity index (χ3v) is 6.62. The van der Waals surface area contributed by atoms with Gasteiger partial charge >= 0.3 is 5.97 Å². The van der Waals surface area contributed by atoms with Gasteiger partial charge in [-0.2, -0.15) is 0 Å². The summed E-state index contributed by atoms with van der Waals surface area (Å²) in [6.07, 6.45) is 5.81. The zero-order valence-electron chi connectivity index (χ0n) is 19.2. The van der Waals surface area contributed by atoms with Crippen LogP contribution in [0.15, 0.2) is 34.7 Å². The van der Waals surface area contributed by atoms with Crippen LogP contribution in [0.2, 0.25) is 0 Å². The predicted molar refractivity (Wildman–Crippen MR) is 119 cm³/mol. The smallest absolute Gasteiger partial charge is 0.337 e. The van der Waals surface area contributed by atoms with E-state index in [4.69, 9.17) is 18.9 Å². The number of hydrogen-bond donors (Lipinski definition) is 1. The number of hydrogen-bond acceptors (Lipinski definition) is 7. The number of esters is 1. The zero-order chi connectivity index (χ0) is 22.8. The minimum atomic E-state index is -0.595. The summed E-state index contributed by atoms with van der Waals surface area (Å²) >= 11 is 0. The first-order valence-electron chi connectivity index (χ1n) is 11.2.